The Morgan fingerprint density at radius 1 is 0.690 bits per heavy atom. The number of carbonyl (C=O) groups excluding carboxylic acids is 1. The summed E-state index contributed by atoms with van der Waals surface area (Å²) >= 11 is 0. The fraction of sp³-hybridized carbons (Fsp3) is 0.296. The molecule has 3 aromatic rings. The first-order valence-electron chi connectivity index (χ1n) is 10.8. The second kappa shape index (κ2) is 7.96. The fourth-order valence-electron chi connectivity index (χ4n) is 4.99. The highest BCUT2D eigenvalue weighted by Gasteiger charge is 2.55. The summed E-state index contributed by atoms with van der Waals surface area (Å²) < 4.78 is 0. The summed E-state index contributed by atoms with van der Waals surface area (Å²) in [6.45, 7) is 0. The van der Waals surface area contributed by atoms with Crippen molar-refractivity contribution in [2.75, 3.05) is 0 Å². The number of carbonyl (C=O) groups is 1. The highest BCUT2D eigenvalue weighted by Crippen LogP contribution is 2.49. The summed E-state index contributed by atoms with van der Waals surface area (Å²) in [6.07, 6.45) is 6.35. The van der Waals surface area contributed by atoms with E-state index in [1.807, 2.05) is 30.3 Å². The smallest absolute Gasteiger partial charge is 0.181 e. The van der Waals surface area contributed by atoms with Gasteiger partial charge in [-0.2, -0.15) is 0 Å². The van der Waals surface area contributed by atoms with E-state index in [4.69, 9.17) is 0 Å². The van der Waals surface area contributed by atoms with E-state index < -0.39 is 0 Å². The molecule has 2 nitrogen and oxygen atoms in total. The van der Waals surface area contributed by atoms with Gasteiger partial charge in [0.1, 0.15) is 0 Å². The topological polar surface area (TPSA) is 20.1 Å². The third-order valence-corrected chi connectivity index (χ3v) is 6.53. The monoisotopic (exact) mass is 381 g/mol. The van der Waals surface area contributed by atoms with Gasteiger partial charge in [-0.15, -0.1) is 0 Å². The maximum Gasteiger partial charge on any atom is 0.181 e. The van der Waals surface area contributed by atoms with Crippen LogP contribution in [0.5, 0.6) is 0 Å². The number of benzene rings is 3. The first-order chi connectivity index (χ1) is 14.3. The van der Waals surface area contributed by atoms with E-state index in [0.29, 0.717) is 6.04 Å². The number of hydrogen-bond donors (Lipinski definition) is 0. The Kier molecular flexibility index (Phi) is 5.03. The Labute approximate surface area is 173 Å². The summed E-state index contributed by atoms with van der Waals surface area (Å²) in [5.74, 6) is 0.268. The molecular weight excluding hydrogens is 354 g/mol. The fourth-order valence-corrected chi connectivity index (χ4v) is 4.99. The van der Waals surface area contributed by atoms with Gasteiger partial charge in [-0.25, -0.2) is 0 Å². The molecule has 1 aliphatic carbocycles. The normalized spacial score (nSPS) is 24.2. The Balaban J connectivity index is 1.39. The summed E-state index contributed by atoms with van der Waals surface area (Å²) in [5.41, 5.74) is 4.44. The van der Waals surface area contributed by atoms with Gasteiger partial charge in [0.05, 0.1) is 12.1 Å². The summed E-state index contributed by atoms with van der Waals surface area (Å²) in [5, 5.41) is 0. The molecule has 2 heteroatoms. The van der Waals surface area contributed by atoms with Crippen LogP contribution in [0.1, 0.15) is 54.1 Å². The summed E-state index contributed by atoms with van der Waals surface area (Å²) in [7, 11) is 0. The molecule has 1 unspecified atom stereocenters. The van der Waals surface area contributed by atoms with Gasteiger partial charge in [-0.1, -0.05) is 104 Å². The van der Waals surface area contributed by atoms with Gasteiger partial charge in [0.25, 0.3) is 0 Å². The maximum atomic E-state index is 13.4. The first kappa shape index (κ1) is 18.3. The Bertz CT molecular complexity index is 958. The van der Waals surface area contributed by atoms with Crippen molar-refractivity contribution in [2.45, 2.75) is 50.2 Å². The second-order valence-corrected chi connectivity index (χ2v) is 8.35. The molecular formula is C27H27NO. The zero-order valence-corrected chi connectivity index (χ0v) is 16.7. The highest BCUT2D eigenvalue weighted by atomic mass is 16.1. The quantitative estimate of drug-likeness (QED) is 0.382. The van der Waals surface area contributed by atoms with Crippen LogP contribution in [0, 0.1) is 0 Å². The van der Waals surface area contributed by atoms with E-state index >= 15 is 0 Å². The summed E-state index contributed by atoms with van der Waals surface area (Å²) in [6, 6.07) is 29.8. The van der Waals surface area contributed by atoms with Crippen molar-refractivity contribution in [1.29, 1.82) is 0 Å². The number of rotatable bonds is 5. The molecule has 0 N–H and O–H groups in total. The van der Waals surface area contributed by atoms with Crippen LogP contribution < -0.4 is 0 Å². The lowest BCUT2D eigenvalue weighted by atomic mass is 9.95. The lowest BCUT2D eigenvalue weighted by Gasteiger charge is -2.24. The molecule has 0 radical (unpaired) electrons. The van der Waals surface area contributed by atoms with E-state index in [-0.39, 0.29) is 17.9 Å². The van der Waals surface area contributed by atoms with E-state index in [9.17, 15) is 4.79 Å². The number of Topliss-reactive ketones (excluding diaryl/α,β-unsaturated/α-hetero) is 1. The minimum absolute atomic E-state index is 0.0110. The van der Waals surface area contributed by atoms with Crippen LogP contribution in [0.15, 0.2) is 84.9 Å². The van der Waals surface area contributed by atoms with Crippen molar-refractivity contribution in [3.63, 3.8) is 0 Å². The zero-order valence-electron chi connectivity index (χ0n) is 16.7. The molecule has 3 atom stereocenters. The molecule has 0 bridgehead atoms. The molecule has 5 rings (SSSR count). The molecule has 1 saturated heterocycles. The average molecular weight is 382 g/mol. The lowest BCUT2D eigenvalue weighted by molar-refractivity contribution is 0.0963. The van der Waals surface area contributed by atoms with Crippen molar-refractivity contribution >= 4 is 5.78 Å². The van der Waals surface area contributed by atoms with Crippen molar-refractivity contribution < 1.29 is 4.79 Å². The van der Waals surface area contributed by atoms with Crippen molar-refractivity contribution in [1.82, 2.24) is 4.90 Å². The molecule has 2 fully saturated rings. The van der Waals surface area contributed by atoms with Crippen LogP contribution in [0.2, 0.25) is 0 Å². The van der Waals surface area contributed by atoms with E-state index in [0.717, 1.165) is 11.1 Å². The lowest BCUT2D eigenvalue weighted by Crippen LogP contribution is -2.26. The van der Waals surface area contributed by atoms with E-state index in [1.54, 1.807) is 0 Å². The highest BCUT2D eigenvalue weighted by molar-refractivity contribution is 6.03. The molecule has 146 valence electrons. The molecule has 29 heavy (non-hydrogen) atoms. The van der Waals surface area contributed by atoms with Crippen LogP contribution in [0.4, 0.5) is 0 Å². The van der Waals surface area contributed by atoms with Crippen molar-refractivity contribution in [3.8, 4) is 11.1 Å². The molecule has 1 aliphatic heterocycles. The SMILES string of the molecule is O=C(c1ccc(-c2ccccc2)cc1)[C@H]1[C@@H](c2ccccc2)N1C1CCCCC1. The molecule has 0 aromatic heterocycles. The van der Waals surface area contributed by atoms with Gasteiger partial charge in [-0.3, -0.25) is 9.69 Å². The van der Waals surface area contributed by atoms with Crippen LogP contribution in [0.3, 0.4) is 0 Å². The molecule has 0 spiro atoms. The van der Waals surface area contributed by atoms with Crippen molar-refractivity contribution in [2.24, 2.45) is 0 Å². The van der Waals surface area contributed by atoms with Crippen LogP contribution in [-0.4, -0.2) is 22.8 Å². The maximum absolute atomic E-state index is 13.4. The Morgan fingerprint density at radius 2 is 1.28 bits per heavy atom. The van der Waals surface area contributed by atoms with Gasteiger partial charge in [0, 0.05) is 11.6 Å². The van der Waals surface area contributed by atoms with Gasteiger partial charge in [0.2, 0.25) is 0 Å². The van der Waals surface area contributed by atoms with Gasteiger partial charge in [-0.05, 0) is 29.5 Å². The molecule has 3 aromatic carbocycles. The molecule has 2 aliphatic rings. The number of nitrogens with zero attached hydrogens (tertiary/aromatic N) is 1. The minimum Gasteiger partial charge on any atom is -0.292 e. The predicted octanol–water partition coefficient (Wildman–Crippen LogP) is 6.29. The first-order valence-corrected chi connectivity index (χ1v) is 10.8. The van der Waals surface area contributed by atoms with E-state index in [2.05, 4.69) is 59.5 Å². The van der Waals surface area contributed by atoms with Crippen LogP contribution in [-0.2, 0) is 0 Å². The number of ketones is 1. The van der Waals surface area contributed by atoms with Crippen molar-refractivity contribution in [3.05, 3.63) is 96.1 Å². The van der Waals surface area contributed by atoms with Crippen LogP contribution in [0.25, 0.3) is 11.1 Å². The minimum atomic E-state index is -0.0110. The Hall–Kier alpha value is -2.71. The van der Waals surface area contributed by atoms with Gasteiger partial charge < -0.3 is 0 Å². The third kappa shape index (κ3) is 3.65. The van der Waals surface area contributed by atoms with E-state index in [1.165, 1.54) is 43.2 Å². The molecule has 1 heterocycles. The average Bonchev–Trinajstić information content (AvgIpc) is 3.56. The number of hydrogen-bond acceptors (Lipinski definition) is 2. The van der Waals surface area contributed by atoms with Gasteiger partial charge >= 0.3 is 0 Å². The summed E-state index contributed by atoms with van der Waals surface area (Å²) in [4.78, 5) is 15.9. The standard InChI is InChI=1S/C27H27NO/c29-27(23-18-16-21(17-19-23)20-10-4-1-5-11-20)26-25(22-12-6-2-7-13-22)28(26)24-14-8-3-9-15-24/h1-2,4-7,10-13,16-19,24-26H,3,8-9,14-15H2/t25-,26-,28?/m1/s1. The largest absolute Gasteiger partial charge is 0.292 e. The van der Waals surface area contributed by atoms with Crippen LogP contribution >= 0.6 is 0 Å². The predicted molar refractivity (Wildman–Crippen MR) is 118 cm³/mol. The third-order valence-electron chi connectivity index (χ3n) is 6.53. The Morgan fingerprint density at radius 3 is 1.93 bits per heavy atom. The molecule has 1 saturated carbocycles. The van der Waals surface area contributed by atoms with Gasteiger partial charge in [0.15, 0.2) is 5.78 Å². The second-order valence-electron chi connectivity index (χ2n) is 8.35. The molecule has 0 amide bonds. The zero-order chi connectivity index (χ0) is 19.6.